The van der Waals surface area contributed by atoms with Gasteiger partial charge in [0.1, 0.15) is 11.1 Å². The number of halogens is 1. The van der Waals surface area contributed by atoms with Gasteiger partial charge >= 0.3 is 0 Å². The van der Waals surface area contributed by atoms with Crippen LogP contribution in [-0.4, -0.2) is 11.8 Å². The van der Waals surface area contributed by atoms with Crippen LogP contribution in [0.1, 0.15) is 12.0 Å². The van der Waals surface area contributed by atoms with Crippen LogP contribution < -0.4 is 5.32 Å². The maximum absolute atomic E-state index is 11.1. The lowest BCUT2D eigenvalue weighted by molar-refractivity contribution is -0.115. The smallest absolute Gasteiger partial charge is 0.226 e. The summed E-state index contributed by atoms with van der Waals surface area (Å²) in [6.45, 7) is 0. The Morgan fingerprint density at radius 1 is 1.77 bits per heavy atom. The monoisotopic (exact) mass is 214 g/mol. The highest BCUT2D eigenvalue weighted by atomic mass is 35.5. The van der Waals surface area contributed by atoms with Crippen LogP contribution in [0.25, 0.3) is 0 Å². The molecule has 1 heterocycles. The second-order valence-corrected chi connectivity index (χ2v) is 3.56. The summed E-state index contributed by atoms with van der Waals surface area (Å²) in [4.78, 5) is 11.1. The molecule has 0 saturated heterocycles. The zero-order chi connectivity index (χ0) is 9.68. The number of amides is 1. The molecule has 0 radical (unpaired) electrons. The largest absolute Gasteiger partial charge is 0.317 e. The molecular weight excluding hydrogens is 208 g/mol. The van der Waals surface area contributed by atoms with Crippen LogP contribution >= 0.6 is 22.9 Å². The minimum Gasteiger partial charge on any atom is -0.317 e. The molecule has 1 aromatic rings. The molecule has 0 bridgehead atoms. The maximum atomic E-state index is 11.1. The Morgan fingerprint density at radius 2 is 2.54 bits per heavy atom. The van der Waals surface area contributed by atoms with E-state index in [-0.39, 0.29) is 12.3 Å². The van der Waals surface area contributed by atoms with E-state index >= 15 is 0 Å². The van der Waals surface area contributed by atoms with Gasteiger partial charge in [0.05, 0.1) is 5.56 Å². The van der Waals surface area contributed by atoms with Crippen LogP contribution in [0.5, 0.6) is 0 Å². The summed E-state index contributed by atoms with van der Waals surface area (Å²) in [5.74, 6) is 0.132. The van der Waals surface area contributed by atoms with E-state index in [2.05, 4.69) is 5.32 Å². The van der Waals surface area contributed by atoms with Gasteiger partial charge in [-0.05, 0) is 11.4 Å². The minimum atomic E-state index is -0.158. The van der Waals surface area contributed by atoms with Crippen molar-refractivity contribution in [2.24, 2.45) is 0 Å². The summed E-state index contributed by atoms with van der Waals surface area (Å²) in [6.07, 6.45) is 0.268. The summed E-state index contributed by atoms with van der Waals surface area (Å²) in [5.41, 5.74) is 0.493. The molecule has 3 nitrogen and oxygen atoms in total. The highest BCUT2D eigenvalue weighted by Crippen LogP contribution is 2.22. The SMILES string of the molecule is N#Cc1ccsc1NC(=O)CCCl. The first-order chi connectivity index (χ1) is 6.27. The Kier molecular flexibility index (Phi) is 3.74. The number of alkyl halides is 1. The van der Waals surface area contributed by atoms with Crippen LogP contribution in [0.2, 0.25) is 0 Å². The Morgan fingerprint density at radius 3 is 3.15 bits per heavy atom. The van der Waals surface area contributed by atoms with Crippen LogP contribution in [0.4, 0.5) is 5.00 Å². The molecule has 0 aliphatic rings. The summed E-state index contributed by atoms with van der Waals surface area (Å²) < 4.78 is 0. The molecule has 0 aliphatic heterocycles. The number of carbonyl (C=O) groups excluding carboxylic acids is 1. The number of nitriles is 1. The molecule has 5 heteroatoms. The van der Waals surface area contributed by atoms with Crippen molar-refractivity contribution in [3.63, 3.8) is 0 Å². The van der Waals surface area contributed by atoms with Gasteiger partial charge in [-0.15, -0.1) is 22.9 Å². The highest BCUT2D eigenvalue weighted by Gasteiger charge is 2.06. The number of anilines is 1. The molecule has 1 amide bonds. The van der Waals surface area contributed by atoms with Gasteiger partial charge in [-0.25, -0.2) is 0 Å². The van der Waals surface area contributed by atoms with Crippen molar-refractivity contribution in [2.75, 3.05) is 11.2 Å². The maximum Gasteiger partial charge on any atom is 0.226 e. The molecule has 68 valence electrons. The molecular formula is C8H7ClN2OS. The predicted molar refractivity (Wildman–Crippen MR) is 53.0 cm³/mol. The fourth-order valence-corrected chi connectivity index (χ4v) is 1.69. The van der Waals surface area contributed by atoms with E-state index in [0.717, 1.165) is 0 Å². The lowest BCUT2D eigenvalue weighted by atomic mass is 10.3. The third kappa shape index (κ3) is 2.72. The number of hydrogen-bond donors (Lipinski definition) is 1. The molecule has 1 rings (SSSR count). The first-order valence-electron chi connectivity index (χ1n) is 3.61. The fourth-order valence-electron chi connectivity index (χ4n) is 0.769. The Bertz CT molecular complexity index is 342. The lowest BCUT2D eigenvalue weighted by Gasteiger charge is -1.99. The van der Waals surface area contributed by atoms with Crippen molar-refractivity contribution in [1.82, 2.24) is 0 Å². The molecule has 0 aromatic carbocycles. The minimum absolute atomic E-state index is 0.158. The van der Waals surface area contributed by atoms with Crippen molar-refractivity contribution in [2.45, 2.75) is 6.42 Å². The third-order valence-electron chi connectivity index (χ3n) is 1.36. The van der Waals surface area contributed by atoms with Gasteiger partial charge in [-0.1, -0.05) is 0 Å². The summed E-state index contributed by atoms with van der Waals surface area (Å²) >= 11 is 6.72. The fraction of sp³-hybridized carbons (Fsp3) is 0.250. The zero-order valence-corrected chi connectivity index (χ0v) is 8.28. The first kappa shape index (κ1) is 10.0. The normalized spacial score (nSPS) is 9.23. The van der Waals surface area contributed by atoms with Crippen LogP contribution in [0.3, 0.4) is 0 Å². The van der Waals surface area contributed by atoms with Crippen LogP contribution in [0.15, 0.2) is 11.4 Å². The summed E-state index contributed by atoms with van der Waals surface area (Å²) in [5, 5.41) is 13.6. The molecule has 1 N–H and O–H groups in total. The zero-order valence-electron chi connectivity index (χ0n) is 6.71. The second kappa shape index (κ2) is 4.85. The molecule has 0 saturated carbocycles. The van der Waals surface area contributed by atoms with Crippen LogP contribution in [0, 0.1) is 11.3 Å². The van der Waals surface area contributed by atoms with Gasteiger partial charge in [-0.3, -0.25) is 4.79 Å². The highest BCUT2D eigenvalue weighted by molar-refractivity contribution is 7.14. The van der Waals surface area contributed by atoms with Gasteiger partial charge in [0.25, 0.3) is 0 Å². The second-order valence-electron chi connectivity index (χ2n) is 2.26. The van der Waals surface area contributed by atoms with Gasteiger partial charge in [0.2, 0.25) is 5.91 Å². The number of hydrogen-bond acceptors (Lipinski definition) is 3. The number of thiophene rings is 1. The molecule has 0 spiro atoms. The lowest BCUT2D eigenvalue weighted by Crippen LogP contribution is -2.11. The molecule has 0 unspecified atom stereocenters. The third-order valence-corrected chi connectivity index (χ3v) is 2.38. The molecule has 13 heavy (non-hydrogen) atoms. The predicted octanol–water partition coefficient (Wildman–Crippen LogP) is 2.19. The average molecular weight is 215 g/mol. The molecule has 0 atom stereocenters. The van der Waals surface area contributed by atoms with Crippen molar-refractivity contribution >= 4 is 33.8 Å². The van der Waals surface area contributed by atoms with Crippen molar-refractivity contribution < 1.29 is 4.79 Å². The summed E-state index contributed by atoms with van der Waals surface area (Å²) in [6, 6.07) is 3.65. The van der Waals surface area contributed by atoms with Crippen LogP contribution in [-0.2, 0) is 4.79 Å². The topological polar surface area (TPSA) is 52.9 Å². The van der Waals surface area contributed by atoms with E-state index in [1.165, 1.54) is 11.3 Å². The number of nitrogens with zero attached hydrogens (tertiary/aromatic N) is 1. The van der Waals surface area contributed by atoms with E-state index < -0.39 is 0 Å². The molecule has 0 fully saturated rings. The Labute approximate surface area is 84.9 Å². The van der Waals surface area contributed by atoms with Gasteiger partial charge in [-0.2, -0.15) is 5.26 Å². The quantitative estimate of drug-likeness (QED) is 0.785. The summed E-state index contributed by atoms with van der Waals surface area (Å²) in [7, 11) is 0. The van der Waals surface area contributed by atoms with E-state index in [1.807, 2.05) is 6.07 Å². The Hall–Kier alpha value is -1.05. The number of carbonyl (C=O) groups is 1. The number of rotatable bonds is 3. The van der Waals surface area contributed by atoms with Gasteiger partial charge in [0, 0.05) is 12.3 Å². The van der Waals surface area contributed by atoms with E-state index in [4.69, 9.17) is 16.9 Å². The average Bonchev–Trinajstić information content (AvgIpc) is 2.52. The van der Waals surface area contributed by atoms with Crippen molar-refractivity contribution in [3.05, 3.63) is 17.0 Å². The van der Waals surface area contributed by atoms with E-state index in [1.54, 1.807) is 11.4 Å². The van der Waals surface area contributed by atoms with E-state index in [9.17, 15) is 4.79 Å². The Balaban J connectivity index is 2.64. The van der Waals surface area contributed by atoms with Crippen molar-refractivity contribution in [3.8, 4) is 6.07 Å². The first-order valence-corrected chi connectivity index (χ1v) is 5.02. The van der Waals surface area contributed by atoms with Crippen molar-refractivity contribution in [1.29, 1.82) is 5.26 Å². The van der Waals surface area contributed by atoms with E-state index in [0.29, 0.717) is 16.4 Å². The number of nitrogens with one attached hydrogen (secondary N) is 1. The standard InChI is InChI=1S/C8H7ClN2OS/c9-3-1-7(12)11-8-6(5-10)2-4-13-8/h2,4H,1,3H2,(H,11,12). The van der Waals surface area contributed by atoms with Gasteiger partial charge < -0.3 is 5.32 Å². The molecule has 1 aromatic heterocycles. The molecule has 0 aliphatic carbocycles. The van der Waals surface area contributed by atoms with Gasteiger partial charge in [0.15, 0.2) is 0 Å².